The van der Waals surface area contributed by atoms with Crippen LogP contribution >= 0.6 is 0 Å². The van der Waals surface area contributed by atoms with E-state index < -0.39 is 11.9 Å². The predicted molar refractivity (Wildman–Crippen MR) is 67.6 cm³/mol. The fraction of sp³-hybridized carbons (Fsp3) is 0.417. The molecule has 0 bridgehead atoms. The molecule has 1 amide bonds. The zero-order chi connectivity index (χ0) is 13.9. The first-order valence-corrected chi connectivity index (χ1v) is 5.58. The second-order valence-corrected chi connectivity index (χ2v) is 4.35. The number of carboxylic acid groups (broad SMARTS) is 1. The smallest absolute Gasteiger partial charge is 0.335 e. The summed E-state index contributed by atoms with van der Waals surface area (Å²) in [4.78, 5) is 27.9. The average Bonchev–Trinajstić information content (AvgIpc) is 2.24. The largest absolute Gasteiger partial charge is 0.478 e. The zero-order valence-electron chi connectivity index (χ0n) is 10.7. The van der Waals surface area contributed by atoms with Gasteiger partial charge in [-0.15, -0.1) is 0 Å². The second kappa shape index (κ2) is 5.48. The molecule has 1 heterocycles. The van der Waals surface area contributed by atoms with Gasteiger partial charge in [0.05, 0.1) is 12.1 Å². The number of aryl methyl sites for hydroxylation is 1. The summed E-state index contributed by atoms with van der Waals surface area (Å²) in [5.41, 5.74) is 5.91. The third-order valence-electron chi connectivity index (χ3n) is 2.43. The van der Waals surface area contributed by atoms with Crippen molar-refractivity contribution in [3.63, 3.8) is 0 Å². The molecule has 1 aromatic rings. The molecule has 3 N–H and O–H groups in total. The van der Waals surface area contributed by atoms with E-state index in [1.54, 1.807) is 11.8 Å². The quantitative estimate of drug-likeness (QED) is 0.806. The van der Waals surface area contributed by atoms with Crippen LogP contribution in [0.2, 0.25) is 0 Å². The summed E-state index contributed by atoms with van der Waals surface area (Å²) in [5, 5.41) is 9.00. The number of aromatic nitrogens is 1. The minimum Gasteiger partial charge on any atom is -0.478 e. The highest BCUT2D eigenvalue weighted by Gasteiger charge is 2.17. The third kappa shape index (κ3) is 3.44. The van der Waals surface area contributed by atoms with Crippen LogP contribution in [0.25, 0.3) is 0 Å². The van der Waals surface area contributed by atoms with Gasteiger partial charge in [-0.05, 0) is 32.9 Å². The molecule has 98 valence electrons. The number of hydrogen-bond acceptors (Lipinski definition) is 4. The van der Waals surface area contributed by atoms with Crippen LogP contribution in [0.1, 0.15) is 29.9 Å². The molecule has 18 heavy (non-hydrogen) atoms. The first kappa shape index (κ1) is 14.0. The normalized spacial score (nSPS) is 10.4. The number of hydrogen-bond donors (Lipinski definition) is 2. The fourth-order valence-corrected chi connectivity index (χ4v) is 1.62. The number of carboxylic acids is 1. The molecule has 1 rings (SSSR count). The molecule has 0 saturated carbocycles. The third-order valence-corrected chi connectivity index (χ3v) is 2.43. The zero-order valence-corrected chi connectivity index (χ0v) is 10.7. The van der Waals surface area contributed by atoms with Crippen molar-refractivity contribution in [1.29, 1.82) is 0 Å². The van der Waals surface area contributed by atoms with Crippen molar-refractivity contribution >= 4 is 17.7 Å². The van der Waals surface area contributed by atoms with Crippen molar-refractivity contribution in [3.8, 4) is 0 Å². The molecule has 0 aliphatic rings. The van der Waals surface area contributed by atoms with Crippen molar-refractivity contribution in [1.82, 2.24) is 4.98 Å². The first-order chi connectivity index (χ1) is 8.31. The topological polar surface area (TPSA) is 96.5 Å². The van der Waals surface area contributed by atoms with E-state index in [4.69, 9.17) is 10.8 Å². The molecule has 0 radical (unpaired) electrons. The van der Waals surface area contributed by atoms with E-state index in [2.05, 4.69) is 4.98 Å². The Morgan fingerprint density at radius 3 is 2.50 bits per heavy atom. The summed E-state index contributed by atoms with van der Waals surface area (Å²) in [6, 6.07) is 2.92. The number of aromatic carboxylic acids is 1. The number of anilines is 1. The Balaban J connectivity index is 3.19. The fourth-order valence-electron chi connectivity index (χ4n) is 1.62. The predicted octanol–water partition coefficient (Wildman–Crippen LogP) is 0.788. The van der Waals surface area contributed by atoms with Gasteiger partial charge in [-0.25, -0.2) is 9.78 Å². The lowest BCUT2D eigenvalue weighted by atomic mass is 10.2. The van der Waals surface area contributed by atoms with Gasteiger partial charge >= 0.3 is 5.97 Å². The van der Waals surface area contributed by atoms with E-state index in [1.807, 2.05) is 13.8 Å². The Morgan fingerprint density at radius 2 is 2.06 bits per heavy atom. The van der Waals surface area contributed by atoms with E-state index in [1.165, 1.54) is 12.1 Å². The van der Waals surface area contributed by atoms with Gasteiger partial charge in [-0.3, -0.25) is 4.79 Å². The maximum Gasteiger partial charge on any atom is 0.335 e. The Morgan fingerprint density at radius 1 is 1.44 bits per heavy atom. The van der Waals surface area contributed by atoms with Crippen LogP contribution in [0.15, 0.2) is 12.1 Å². The van der Waals surface area contributed by atoms with Crippen molar-refractivity contribution < 1.29 is 14.7 Å². The highest BCUT2D eigenvalue weighted by atomic mass is 16.4. The van der Waals surface area contributed by atoms with Crippen LogP contribution in [0.4, 0.5) is 5.82 Å². The van der Waals surface area contributed by atoms with E-state index in [0.717, 1.165) is 0 Å². The molecule has 0 saturated heterocycles. The lowest BCUT2D eigenvalue weighted by Gasteiger charge is -2.26. The molecule has 6 nitrogen and oxygen atoms in total. The molecule has 0 aromatic carbocycles. The van der Waals surface area contributed by atoms with Crippen LogP contribution in [-0.2, 0) is 4.79 Å². The molecule has 0 aliphatic carbocycles. The SMILES string of the molecule is Cc1cc(C(=O)O)cc(N(CC(N)=O)C(C)C)n1. The number of rotatable bonds is 5. The van der Waals surface area contributed by atoms with Crippen molar-refractivity contribution in [2.75, 3.05) is 11.4 Å². The van der Waals surface area contributed by atoms with Gasteiger partial charge in [0, 0.05) is 11.7 Å². The Bertz CT molecular complexity index is 472. The molecule has 0 aliphatic heterocycles. The van der Waals surface area contributed by atoms with Gasteiger partial charge < -0.3 is 15.7 Å². The van der Waals surface area contributed by atoms with E-state index >= 15 is 0 Å². The molecular weight excluding hydrogens is 234 g/mol. The minimum absolute atomic E-state index is 0.00607. The number of nitrogens with zero attached hydrogens (tertiary/aromatic N) is 2. The molecule has 0 spiro atoms. The lowest BCUT2D eigenvalue weighted by Crippen LogP contribution is -2.39. The Kier molecular flexibility index (Phi) is 4.25. The van der Waals surface area contributed by atoms with E-state index in [0.29, 0.717) is 11.5 Å². The first-order valence-electron chi connectivity index (χ1n) is 5.58. The van der Waals surface area contributed by atoms with Gasteiger partial charge in [-0.2, -0.15) is 0 Å². The average molecular weight is 251 g/mol. The van der Waals surface area contributed by atoms with E-state index in [9.17, 15) is 9.59 Å². The maximum absolute atomic E-state index is 11.0. The number of carbonyl (C=O) groups excluding carboxylic acids is 1. The number of amides is 1. The van der Waals surface area contributed by atoms with Gasteiger partial charge in [0.25, 0.3) is 0 Å². The summed E-state index contributed by atoms with van der Waals surface area (Å²) < 4.78 is 0. The molecule has 0 fully saturated rings. The number of primary amides is 1. The molecule has 6 heteroatoms. The second-order valence-electron chi connectivity index (χ2n) is 4.35. The van der Waals surface area contributed by atoms with Crippen LogP contribution in [0.3, 0.4) is 0 Å². The van der Waals surface area contributed by atoms with Gasteiger partial charge in [0.15, 0.2) is 0 Å². The number of carbonyl (C=O) groups is 2. The summed E-state index contributed by atoms with van der Waals surface area (Å²) >= 11 is 0. The van der Waals surface area contributed by atoms with Crippen LogP contribution in [0.5, 0.6) is 0 Å². The Labute approximate surface area is 105 Å². The number of nitrogens with two attached hydrogens (primary N) is 1. The van der Waals surface area contributed by atoms with Gasteiger partial charge in [-0.1, -0.05) is 0 Å². The molecule has 0 unspecified atom stereocenters. The summed E-state index contributed by atoms with van der Waals surface area (Å²) in [5.74, 6) is -1.06. The lowest BCUT2D eigenvalue weighted by molar-refractivity contribution is -0.116. The monoisotopic (exact) mass is 251 g/mol. The molecule has 0 atom stereocenters. The molecular formula is C12H17N3O3. The highest BCUT2D eigenvalue weighted by Crippen LogP contribution is 2.17. The highest BCUT2D eigenvalue weighted by molar-refractivity contribution is 5.89. The van der Waals surface area contributed by atoms with Crippen LogP contribution in [0, 0.1) is 6.92 Å². The Hall–Kier alpha value is -2.11. The number of pyridine rings is 1. The van der Waals surface area contributed by atoms with Crippen LogP contribution in [-0.4, -0.2) is 34.6 Å². The van der Waals surface area contributed by atoms with Gasteiger partial charge in [0.2, 0.25) is 5.91 Å². The minimum atomic E-state index is -1.02. The van der Waals surface area contributed by atoms with Crippen molar-refractivity contribution in [3.05, 3.63) is 23.4 Å². The van der Waals surface area contributed by atoms with Crippen LogP contribution < -0.4 is 10.6 Å². The van der Waals surface area contributed by atoms with Crippen molar-refractivity contribution in [2.24, 2.45) is 5.73 Å². The maximum atomic E-state index is 11.0. The molecule has 1 aromatic heterocycles. The summed E-state index contributed by atoms with van der Waals surface area (Å²) in [6.07, 6.45) is 0. The van der Waals surface area contributed by atoms with E-state index in [-0.39, 0.29) is 18.2 Å². The summed E-state index contributed by atoms with van der Waals surface area (Å²) in [6.45, 7) is 5.48. The van der Waals surface area contributed by atoms with Gasteiger partial charge in [0.1, 0.15) is 5.82 Å². The summed E-state index contributed by atoms with van der Waals surface area (Å²) in [7, 11) is 0. The van der Waals surface area contributed by atoms with Crippen molar-refractivity contribution in [2.45, 2.75) is 26.8 Å². The standard InChI is InChI=1S/C12H17N3O3/c1-7(2)15(6-10(13)16)11-5-9(12(17)18)4-8(3)14-11/h4-5,7H,6H2,1-3H3,(H2,13,16)(H,17,18).